The standard InChI is InChI=1S/C22H29FN6O/c1-4-20-19(21(5-2)30-28-20)15-26-22(24-6-3)25-13-11-17-12-14-29(27-17)18-9-7-16(23)8-10-18/h7-10,12,14H,4-6,11,13,15H2,1-3H3,(H2,24,25,26). The number of halogens is 1. The van der Waals surface area contributed by atoms with Gasteiger partial charge in [0.1, 0.15) is 11.6 Å². The molecule has 0 aliphatic rings. The van der Waals surface area contributed by atoms with Gasteiger partial charge in [-0.25, -0.2) is 14.1 Å². The third-order valence-electron chi connectivity index (χ3n) is 4.76. The summed E-state index contributed by atoms with van der Waals surface area (Å²) in [5, 5.41) is 15.3. The summed E-state index contributed by atoms with van der Waals surface area (Å²) < 4.78 is 20.3. The number of nitrogens with one attached hydrogen (secondary N) is 2. The van der Waals surface area contributed by atoms with E-state index in [9.17, 15) is 4.39 Å². The summed E-state index contributed by atoms with van der Waals surface area (Å²) in [5.74, 6) is 1.40. The molecule has 7 nitrogen and oxygen atoms in total. The number of aryl methyl sites for hydroxylation is 2. The van der Waals surface area contributed by atoms with Gasteiger partial charge in [0.25, 0.3) is 0 Å². The topological polar surface area (TPSA) is 80.3 Å². The van der Waals surface area contributed by atoms with E-state index in [4.69, 9.17) is 9.52 Å². The molecule has 0 bridgehead atoms. The van der Waals surface area contributed by atoms with Gasteiger partial charge in [-0.2, -0.15) is 5.10 Å². The van der Waals surface area contributed by atoms with Crippen molar-refractivity contribution in [2.24, 2.45) is 4.99 Å². The van der Waals surface area contributed by atoms with Gasteiger partial charge in [-0.05, 0) is 43.7 Å². The van der Waals surface area contributed by atoms with Crippen LogP contribution in [0, 0.1) is 5.82 Å². The number of aromatic nitrogens is 3. The highest BCUT2D eigenvalue weighted by atomic mass is 19.1. The van der Waals surface area contributed by atoms with Gasteiger partial charge in [0.15, 0.2) is 5.96 Å². The summed E-state index contributed by atoms with van der Waals surface area (Å²) in [7, 11) is 0. The van der Waals surface area contributed by atoms with Gasteiger partial charge >= 0.3 is 0 Å². The number of benzene rings is 1. The van der Waals surface area contributed by atoms with Gasteiger partial charge < -0.3 is 15.2 Å². The summed E-state index contributed by atoms with van der Waals surface area (Å²) in [6.07, 6.45) is 4.26. The van der Waals surface area contributed by atoms with Crippen LogP contribution in [0.15, 0.2) is 46.0 Å². The minimum atomic E-state index is -0.256. The van der Waals surface area contributed by atoms with Crippen molar-refractivity contribution in [3.05, 3.63) is 65.1 Å². The maximum absolute atomic E-state index is 13.1. The van der Waals surface area contributed by atoms with E-state index in [1.54, 1.807) is 16.8 Å². The predicted molar refractivity (Wildman–Crippen MR) is 115 cm³/mol. The van der Waals surface area contributed by atoms with Crippen LogP contribution >= 0.6 is 0 Å². The molecule has 0 saturated carbocycles. The van der Waals surface area contributed by atoms with Crippen LogP contribution in [0.25, 0.3) is 5.69 Å². The quantitative estimate of drug-likeness (QED) is 0.416. The van der Waals surface area contributed by atoms with Gasteiger partial charge in [-0.1, -0.05) is 19.0 Å². The molecule has 0 radical (unpaired) electrons. The monoisotopic (exact) mass is 412 g/mol. The van der Waals surface area contributed by atoms with E-state index in [0.29, 0.717) is 13.1 Å². The van der Waals surface area contributed by atoms with E-state index >= 15 is 0 Å². The summed E-state index contributed by atoms with van der Waals surface area (Å²) in [6, 6.07) is 8.25. The van der Waals surface area contributed by atoms with Crippen molar-refractivity contribution < 1.29 is 8.91 Å². The lowest BCUT2D eigenvalue weighted by Crippen LogP contribution is -2.38. The van der Waals surface area contributed by atoms with E-state index in [0.717, 1.165) is 60.2 Å². The van der Waals surface area contributed by atoms with Crippen molar-refractivity contribution in [2.75, 3.05) is 13.1 Å². The molecule has 2 heterocycles. The lowest BCUT2D eigenvalue weighted by Gasteiger charge is -2.11. The molecule has 1 aromatic carbocycles. The molecule has 8 heteroatoms. The Morgan fingerprint density at radius 2 is 1.90 bits per heavy atom. The predicted octanol–water partition coefficient (Wildman–Crippen LogP) is 3.42. The fourth-order valence-electron chi connectivity index (χ4n) is 3.16. The Balaban J connectivity index is 1.58. The van der Waals surface area contributed by atoms with Crippen molar-refractivity contribution >= 4 is 5.96 Å². The number of nitrogens with zero attached hydrogens (tertiary/aromatic N) is 4. The first-order valence-electron chi connectivity index (χ1n) is 10.4. The van der Waals surface area contributed by atoms with Crippen molar-refractivity contribution in [3.63, 3.8) is 0 Å². The molecular formula is C22H29FN6O. The first kappa shape index (κ1) is 21.5. The smallest absolute Gasteiger partial charge is 0.191 e. The zero-order chi connectivity index (χ0) is 21.3. The Labute approximate surface area is 176 Å². The maximum atomic E-state index is 13.1. The molecule has 0 spiro atoms. The number of guanidine groups is 1. The SMILES string of the molecule is CCNC(=NCc1c(CC)noc1CC)NCCc1ccn(-c2ccc(F)cc2)n1. The molecular weight excluding hydrogens is 383 g/mol. The highest BCUT2D eigenvalue weighted by Crippen LogP contribution is 2.16. The van der Waals surface area contributed by atoms with E-state index in [1.165, 1.54) is 12.1 Å². The highest BCUT2D eigenvalue weighted by molar-refractivity contribution is 5.79. The van der Waals surface area contributed by atoms with Crippen LogP contribution in [-0.2, 0) is 25.8 Å². The van der Waals surface area contributed by atoms with E-state index in [2.05, 4.69) is 34.7 Å². The van der Waals surface area contributed by atoms with Crippen LogP contribution in [0.5, 0.6) is 0 Å². The molecule has 0 fully saturated rings. The zero-order valence-corrected chi connectivity index (χ0v) is 17.8. The van der Waals surface area contributed by atoms with Gasteiger partial charge in [0, 0.05) is 37.7 Å². The number of aliphatic imine (C=N–C) groups is 1. The third-order valence-corrected chi connectivity index (χ3v) is 4.76. The molecule has 0 atom stereocenters. The Morgan fingerprint density at radius 1 is 1.10 bits per heavy atom. The first-order valence-corrected chi connectivity index (χ1v) is 10.4. The maximum Gasteiger partial charge on any atom is 0.191 e. The second-order valence-electron chi connectivity index (χ2n) is 6.84. The molecule has 0 unspecified atom stereocenters. The van der Waals surface area contributed by atoms with Crippen molar-refractivity contribution in [3.8, 4) is 5.69 Å². The molecule has 30 heavy (non-hydrogen) atoms. The van der Waals surface area contributed by atoms with Crippen LogP contribution in [0.4, 0.5) is 4.39 Å². The fourth-order valence-corrected chi connectivity index (χ4v) is 3.16. The second-order valence-corrected chi connectivity index (χ2v) is 6.84. The van der Waals surface area contributed by atoms with Crippen molar-refractivity contribution in [1.29, 1.82) is 0 Å². The Bertz CT molecular complexity index is 939. The summed E-state index contributed by atoms with van der Waals surface area (Å²) in [4.78, 5) is 4.70. The van der Waals surface area contributed by atoms with Gasteiger partial charge in [-0.15, -0.1) is 0 Å². The highest BCUT2D eigenvalue weighted by Gasteiger charge is 2.13. The molecule has 3 rings (SSSR count). The van der Waals surface area contributed by atoms with Crippen LogP contribution in [0.1, 0.15) is 43.5 Å². The lowest BCUT2D eigenvalue weighted by atomic mass is 10.1. The van der Waals surface area contributed by atoms with Crippen molar-refractivity contribution in [1.82, 2.24) is 25.6 Å². The van der Waals surface area contributed by atoms with Gasteiger partial charge in [0.2, 0.25) is 0 Å². The summed E-state index contributed by atoms with van der Waals surface area (Å²) in [6.45, 7) is 8.16. The first-order chi connectivity index (χ1) is 14.6. The molecule has 160 valence electrons. The largest absolute Gasteiger partial charge is 0.361 e. The Hall–Kier alpha value is -3.16. The summed E-state index contributed by atoms with van der Waals surface area (Å²) in [5.41, 5.74) is 3.83. The minimum absolute atomic E-state index is 0.256. The third kappa shape index (κ3) is 5.46. The van der Waals surface area contributed by atoms with Crippen LogP contribution in [0.3, 0.4) is 0 Å². The Morgan fingerprint density at radius 3 is 2.60 bits per heavy atom. The average molecular weight is 413 g/mol. The molecule has 0 aliphatic carbocycles. The molecule has 0 aliphatic heterocycles. The van der Waals surface area contributed by atoms with Gasteiger partial charge in [0.05, 0.1) is 23.6 Å². The lowest BCUT2D eigenvalue weighted by molar-refractivity contribution is 0.380. The number of rotatable bonds is 9. The molecule has 0 amide bonds. The molecule has 0 saturated heterocycles. The second kappa shape index (κ2) is 10.6. The van der Waals surface area contributed by atoms with E-state index in [1.807, 2.05) is 19.2 Å². The minimum Gasteiger partial charge on any atom is -0.361 e. The van der Waals surface area contributed by atoms with E-state index < -0.39 is 0 Å². The fraction of sp³-hybridized carbons (Fsp3) is 0.409. The van der Waals surface area contributed by atoms with Gasteiger partial charge in [-0.3, -0.25) is 0 Å². The van der Waals surface area contributed by atoms with Crippen molar-refractivity contribution in [2.45, 2.75) is 46.6 Å². The molecule has 3 aromatic rings. The Kier molecular flexibility index (Phi) is 7.59. The number of hydrogen-bond acceptors (Lipinski definition) is 4. The normalized spacial score (nSPS) is 11.7. The van der Waals surface area contributed by atoms with E-state index in [-0.39, 0.29) is 5.82 Å². The van der Waals surface area contributed by atoms with Crippen LogP contribution < -0.4 is 10.6 Å². The van der Waals surface area contributed by atoms with Crippen LogP contribution in [-0.4, -0.2) is 34.0 Å². The molecule has 2 aromatic heterocycles. The zero-order valence-electron chi connectivity index (χ0n) is 17.8. The number of hydrogen-bond donors (Lipinski definition) is 2. The molecule has 2 N–H and O–H groups in total. The van der Waals surface area contributed by atoms with Crippen LogP contribution in [0.2, 0.25) is 0 Å². The average Bonchev–Trinajstić information content (AvgIpc) is 3.39. The summed E-state index contributed by atoms with van der Waals surface area (Å²) >= 11 is 0.